The number of carbonyl (C=O) groups excluding carboxylic acids is 1. The largest absolute Gasteiger partial charge is 0.495 e. The van der Waals surface area contributed by atoms with Gasteiger partial charge in [0.15, 0.2) is 0 Å². The van der Waals surface area contributed by atoms with Gasteiger partial charge in [-0.25, -0.2) is 4.98 Å². The average Bonchev–Trinajstić information content (AvgIpc) is 3.09. The van der Waals surface area contributed by atoms with Crippen molar-refractivity contribution in [3.05, 3.63) is 35.2 Å². The van der Waals surface area contributed by atoms with Gasteiger partial charge >= 0.3 is 0 Å². The number of hydrogen-bond acceptors (Lipinski definition) is 7. The van der Waals surface area contributed by atoms with E-state index in [0.717, 1.165) is 36.3 Å². The van der Waals surface area contributed by atoms with Gasteiger partial charge in [-0.1, -0.05) is 16.8 Å². The molecule has 0 unspecified atom stereocenters. The first-order valence-corrected chi connectivity index (χ1v) is 9.41. The van der Waals surface area contributed by atoms with Crippen molar-refractivity contribution in [2.24, 2.45) is 5.92 Å². The average molecular weight is 402 g/mol. The number of benzene rings is 1. The highest BCUT2D eigenvalue weighted by Crippen LogP contribution is 2.31. The summed E-state index contributed by atoms with van der Waals surface area (Å²) in [5.41, 5.74) is 1.76. The molecule has 1 aromatic carbocycles. The van der Waals surface area contributed by atoms with Crippen LogP contribution in [0.1, 0.15) is 18.5 Å². The maximum Gasteiger partial charge on any atom is 0.263 e. The van der Waals surface area contributed by atoms with Crippen molar-refractivity contribution in [2.45, 2.75) is 19.8 Å². The molecule has 4 rings (SSSR count). The van der Waals surface area contributed by atoms with E-state index < -0.39 is 0 Å². The van der Waals surface area contributed by atoms with Crippen LogP contribution in [0.15, 0.2) is 29.0 Å². The van der Waals surface area contributed by atoms with Crippen LogP contribution in [0.3, 0.4) is 0 Å². The molecule has 3 heterocycles. The number of anilines is 2. The van der Waals surface area contributed by atoms with Gasteiger partial charge in [0.25, 0.3) is 5.71 Å². The van der Waals surface area contributed by atoms with Crippen LogP contribution in [0.5, 0.6) is 5.75 Å². The smallest absolute Gasteiger partial charge is 0.263 e. The van der Waals surface area contributed by atoms with E-state index in [2.05, 4.69) is 25.3 Å². The summed E-state index contributed by atoms with van der Waals surface area (Å²) in [5.74, 6) is 1.06. The second-order valence-corrected chi connectivity index (χ2v) is 7.20. The fourth-order valence-electron chi connectivity index (χ4n) is 3.54. The Morgan fingerprint density at radius 2 is 2.25 bits per heavy atom. The lowest BCUT2D eigenvalue weighted by molar-refractivity contribution is -0.120. The lowest BCUT2D eigenvalue weighted by Crippen LogP contribution is -2.41. The van der Waals surface area contributed by atoms with Crippen molar-refractivity contribution >= 4 is 40.1 Å². The van der Waals surface area contributed by atoms with Crippen LogP contribution in [0.2, 0.25) is 5.02 Å². The third-order valence-electron chi connectivity index (χ3n) is 4.93. The van der Waals surface area contributed by atoms with Crippen molar-refractivity contribution in [3.63, 3.8) is 0 Å². The number of ether oxygens (including phenoxy) is 1. The number of nitrogens with one attached hydrogen (secondary N) is 1. The molecule has 0 spiro atoms. The first-order chi connectivity index (χ1) is 13.6. The molecule has 0 radical (unpaired) electrons. The van der Waals surface area contributed by atoms with Crippen molar-refractivity contribution in [3.8, 4) is 5.75 Å². The second kappa shape index (κ2) is 7.63. The number of rotatable bonds is 4. The number of hydrogen-bond donors (Lipinski definition) is 1. The highest BCUT2D eigenvalue weighted by molar-refractivity contribution is 6.31. The number of piperidine rings is 1. The molecule has 1 aliphatic heterocycles. The zero-order valence-corrected chi connectivity index (χ0v) is 16.4. The summed E-state index contributed by atoms with van der Waals surface area (Å²) in [6.45, 7) is 3.21. The van der Waals surface area contributed by atoms with Crippen molar-refractivity contribution < 1.29 is 14.1 Å². The van der Waals surface area contributed by atoms with Crippen LogP contribution in [-0.4, -0.2) is 41.2 Å². The summed E-state index contributed by atoms with van der Waals surface area (Å²) in [5, 5.41) is 8.25. The highest BCUT2D eigenvalue weighted by atomic mass is 35.5. The standard InChI is InChI=1S/C19H20ClN5O3/c1-11-16-17(21-10-22-19(16)28-24-11)25-7-3-4-12(9-25)18(26)23-14-8-13(20)5-6-15(14)27-2/h5-6,8,10,12H,3-4,7,9H2,1-2H3,(H,23,26)/t12-/m0/s1. The molecule has 1 amide bonds. The molecule has 9 heteroatoms. The third kappa shape index (κ3) is 3.47. The third-order valence-corrected chi connectivity index (χ3v) is 5.17. The number of fused-ring (bicyclic) bond motifs is 1. The highest BCUT2D eigenvalue weighted by Gasteiger charge is 2.29. The van der Waals surface area contributed by atoms with Crippen molar-refractivity contribution in [1.82, 2.24) is 15.1 Å². The second-order valence-electron chi connectivity index (χ2n) is 6.76. The predicted molar refractivity (Wildman–Crippen MR) is 106 cm³/mol. The van der Waals surface area contributed by atoms with E-state index in [1.807, 2.05) is 6.92 Å². The molecule has 3 aromatic rings. The maximum atomic E-state index is 12.9. The Morgan fingerprint density at radius 3 is 3.07 bits per heavy atom. The van der Waals surface area contributed by atoms with Crippen LogP contribution in [0, 0.1) is 12.8 Å². The Balaban J connectivity index is 1.55. The van der Waals surface area contributed by atoms with E-state index in [4.69, 9.17) is 20.9 Å². The molecular weight excluding hydrogens is 382 g/mol. The Kier molecular flexibility index (Phi) is 5.04. The molecule has 0 saturated carbocycles. The lowest BCUT2D eigenvalue weighted by atomic mass is 9.96. The number of carbonyl (C=O) groups is 1. The molecule has 0 aliphatic carbocycles. The molecular formula is C19H20ClN5O3. The maximum absolute atomic E-state index is 12.9. The summed E-state index contributed by atoms with van der Waals surface area (Å²) in [6, 6.07) is 5.14. The minimum absolute atomic E-state index is 0.0717. The topological polar surface area (TPSA) is 93.4 Å². The molecule has 1 N–H and O–H groups in total. The van der Waals surface area contributed by atoms with Crippen molar-refractivity contribution in [1.29, 1.82) is 0 Å². The van der Waals surface area contributed by atoms with E-state index >= 15 is 0 Å². The molecule has 1 saturated heterocycles. The van der Waals surface area contributed by atoms with Crippen LogP contribution >= 0.6 is 11.6 Å². The first kappa shape index (κ1) is 18.5. The first-order valence-electron chi connectivity index (χ1n) is 9.03. The van der Waals surface area contributed by atoms with Crippen LogP contribution < -0.4 is 15.0 Å². The fraction of sp³-hybridized carbons (Fsp3) is 0.368. The molecule has 1 aliphatic rings. The molecule has 0 bridgehead atoms. The van der Waals surface area contributed by atoms with E-state index in [1.165, 1.54) is 6.33 Å². The lowest BCUT2D eigenvalue weighted by Gasteiger charge is -2.33. The van der Waals surface area contributed by atoms with Gasteiger partial charge < -0.3 is 19.5 Å². The van der Waals surface area contributed by atoms with Crippen LogP contribution in [0.25, 0.3) is 11.1 Å². The van der Waals surface area contributed by atoms with Gasteiger partial charge in [-0.2, -0.15) is 4.98 Å². The Hall–Kier alpha value is -2.87. The van der Waals surface area contributed by atoms with Gasteiger partial charge in [0.05, 0.1) is 24.4 Å². The van der Waals surface area contributed by atoms with Gasteiger partial charge in [-0.3, -0.25) is 4.79 Å². The predicted octanol–water partition coefficient (Wildman–Crippen LogP) is 3.44. The van der Waals surface area contributed by atoms with E-state index in [-0.39, 0.29) is 11.8 Å². The minimum Gasteiger partial charge on any atom is -0.495 e. The fourth-order valence-corrected chi connectivity index (χ4v) is 3.71. The number of aryl methyl sites for hydroxylation is 1. The SMILES string of the molecule is COc1ccc(Cl)cc1NC(=O)[C@H]1CCCN(c2ncnc3onc(C)c23)C1. The molecule has 146 valence electrons. The van der Waals surface area contributed by atoms with E-state index in [0.29, 0.717) is 28.7 Å². The van der Waals surface area contributed by atoms with Gasteiger partial charge in [0.1, 0.15) is 23.3 Å². The Bertz CT molecular complexity index is 1020. The summed E-state index contributed by atoms with van der Waals surface area (Å²) in [6.07, 6.45) is 3.13. The van der Waals surface area contributed by atoms with E-state index in [9.17, 15) is 4.79 Å². The van der Waals surface area contributed by atoms with Crippen LogP contribution in [-0.2, 0) is 4.79 Å². The number of methoxy groups -OCH3 is 1. The molecule has 2 aromatic heterocycles. The number of aromatic nitrogens is 3. The summed E-state index contributed by atoms with van der Waals surface area (Å²) < 4.78 is 10.6. The minimum atomic E-state index is -0.192. The van der Waals surface area contributed by atoms with Crippen molar-refractivity contribution in [2.75, 3.05) is 30.4 Å². The van der Waals surface area contributed by atoms with Gasteiger partial charge in [0.2, 0.25) is 5.91 Å². The molecule has 28 heavy (non-hydrogen) atoms. The molecule has 1 fully saturated rings. The number of halogens is 1. The zero-order valence-electron chi connectivity index (χ0n) is 15.6. The van der Waals surface area contributed by atoms with Crippen LogP contribution in [0.4, 0.5) is 11.5 Å². The summed E-state index contributed by atoms with van der Waals surface area (Å²) in [7, 11) is 1.56. The normalized spacial score (nSPS) is 17.0. The van der Waals surface area contributed by atoms with Gasteiger partial charge in [-0.15, -0.1) is 0 Å². The number of nitrogens with zero attached hydrogens (tertiary/aromatic N) is 4. The summed E-state index contributed by atoms with van der Waals surface area (Å²) >= 11 is 6.06. The van der Waals surface area contributed by atoms with Gasteiger partial charge in [0, 0.05) is 18.1 Å². The Morgan fingerprint density at radius 1 is 1.39 bits per heavy atom. The number of amides is 1. The monoisotopic (exact) mass is 401 g/mol. The molecule has 8 nitrogen and oxygen atoms in total. The quantitative estimate of drug-likeness (QED) is 0.715. The zero-order chi connectivity index (χ0) is 19.7. The Labute approximate surface area is 166 Å². The summed E-state index contributed by atoms with van der Waals surface area (Å²) in [4.78, 5) is 23.5. The van der Waals surface area contributed by atoms with Gasteiger partial charge in [-0.05, 0) is 38.0 Å². The molecule has 1 atom stereocenters. The van der Waals surface area contributed by atoms with E-state index in [1.54, 1.807) is 25.3 Å².